The van der Waals surface area contributed by atoms with Crippen LogP contribution in [0.5, 0.6) is 0 Å². The minimum atomic E-state index is -1.09. The number of aliphatic hydroxyl groups excluding tert-OH is 1. The molecule has 0 saturated carbocycles. The number of carboxylic acids is 1. The maximum atomic E-state index is 10.8. The van der Waals surface area contributed by atoms with Crippen LogP contribution in [-0.4, -0.2) is 33.8 Å². The van der Waals surface area contributed by atoms with Crippen LogP contribution in [0.1, 0.15) is 17.3 Å². The highest BCUT2D eigenvalue weighted by molar-refractivity contribution is 6.29. The number of aliphatic hydroxyl groups is 1. The molecular formula is C9H11ClN2O3. The summed E-state index contributed by atoms with van der Waals surface area (Å²) in [6.07, 6.45) is 0.605. The number of hydrogen-bond acceptors (Lipinski definition) is 4. The molecule has 0 spiro atoms. The van der Waals surface area contributed by atoms with E-state index in [1.54, 1.807) is 6.92 Å². The Morgan fingerprint density at radius 1 is 1.73 bits per heavy atom. The Labute approximate surface area is 91.7 Å². The average Bonchev–Trinajstić information content (AvgIpc) is 2.14. The molecule has 3 N–H and O–H groups in total. The van der Waals surface area contributed by atoms with Crippen LogP contribution < -0.4 is 5.32 Å². The monoisotopic (exact) mass is 230 g/mol. The van der Waals surface area contributed by atoms with Crippen molar-refractivity contribution in [2.75, 3.05) is 11.9 Å². The van der Waals surface area contributed by atoms with E-state index >= 15 is 0 Å². The van der Waals surface area contributed by atoms with E-state index < -0.39 is 12.1 Å². The Hall–Kier alpha value is -1.33. The Bertz CT molecular complexity index is 368. The molecule has 0 fully saturated rings. The van der Waals surface area contributed by atoms with Gasteiger partial charge in [-0.25, -0.2) is 9.78 Å². The van der Waals surface area contributed by atoms with Gasteiger partial charge in [-0.1, -0.05) is 11.6 Å². The van der Waals surface area contributed by atoms with Crippen LogP contribution in [0.15, 0.2) is 12.3 Å². The minimum absolute atomic E-state index is 0.0278. The van der Waals surface area contributed by atoms with E-state index in [-0.39, 0.29) is 17.3 Å². The first-order valence-electron chi connectivity index (χ1n) is 4.31. The molecule has 82 valence electrons. The fraction of sp³-hybridized carbons (Fsp3) is 0.333. The lowest BCUT2D eigenvalue weighted by molar-refractivity contribution is 0.0697. The summed E-state index contributed by atoms with van der Waals surface area (Å²) >= 11 is 5.63. The smallest absolute Gasteiger partial charge is 0.339 e. The lowest BCUT2D eigenvalue weighted by atomic mass is 10.2. The summed E-state index contributed by atoms with van der Waals surface area (Å²) in [6, 6.07) is 1.41. The van der Waals surface area contributed by atoms with Gasteiger partial charge in [0.1, 0.15) is 10.7 Å². The number of aromatic nitrogens is 1. The van der Waals surface area contributed by atoms with E-state index in [0.717, 1.165) is 0 Å². The summed E-state index contributed by atoms with van der Waals surface area (Å²) in [5.41, 5.74) is 0.378. The van der Waals surface area contributed by atoms with Gasteiger partial charge in [-0.05, 0) is 13.0 Å². The molecule has 1 heterocycles. The maximum absolute atomic E-state index is 10.8. The number of carbonyl (C=O) groups is 1. The van der Waals surface area contributed by atoms with Crippen LogP contribution in [0.25, 0.3) is 0 Å². The third kappa shape index (κ3) is 3.38. The third-order valence-corrected chi connectivity index (χ3v) is 1.90. The van der Waals surface area contributed by atoms with Gasteiger partial charge in [0.05, 0.1) is 11.8 Å². The standard InChI is InChI=1S/C9H11ClN2O3/c1-5(13)3-11-7-2-8(10)12-4-6(7)9(14)15/h2,4-5,13H,3H2,1H3,(H,11,12)(H,14,15). The Morgan fingerprint density at radius 2 is 2.40 bits per heavy atom. The fourth-order valence-corrected chi connectivity index (χ4v) is 1.16. The van der Waals surface area contributed by atoms with Gasteiger partial charge in [-0.2, -0.15) is 0 Å². The largest absolute Gasteiger partial charge is 0.478 e. The highest BCUT2D eigenvalue weighted by Gasteiger charge is 2.11. The zero-order chi connectivity index (χ0) is 11.4. The van der Waals surface area contributed by atoms with E-state index in [9.17, 15) is 4.79 Å². The normalized spacial score (nSPS) is 12.2. The molecule has 5 nitrogen and oxygen atoms in total. The molecule has 1 unspecified atom stereocenters. The number of carboxylic acid groups (broad SMARTS) is 1. The summed E-state index contributed by atoms with van der Waals surface area (Å²) in [4.78, 5) is 14.5. The second-order valence-electron chi connectivity index (χ2n) is 3.09. The molecule has 0 radical (unpaired) electrons. The molecule has 0 aliphatic carbocycles. The Kier molecular flexibility index (Phi) is 3.88. The van der Waals surface area contributed by atoms with Crippen molar-refractivity contribution in [3.8, 4) is 0 Å². The van der Waals surface area contributed by atoms with Gasteiger partial charge in [0, 0.05) is 12.7 Å². The van der Waals surface area contributed by atoms with Gasteiger partial charge in [-0.15, -0.1) is 0 Å². The highest BCUT2D eigenvalue weighted by Crippen LogP contribution is 2.18. The van der Waals surface area contributed by atoms with Crippen LogP contribution in [0, 0.1) is 0 Å². The second kappa shape index (κ2) is 4.95. The highest BCUT2D eigenvalue weighted by atomic mass is 35.5. The van der Waals surface area contributed by atoms with Gasteiger partial charge in [0.25, 0.3) is 0 Å². The molecule has 1 aromatic heterocycles. The number of rotatable bonds is 4. The van der Waals surface area contributed by atoms with Crippen molar-refractivity contribution in [2.24, 2.45) is 0 Å². The Balaban J connectivity index is 2.92. The molecule has 0 amide bonds. The number of aromatic carboxylic acids is 1. The van der Waals surface area contributed by atoms with Gasteiger partial charge < -0.3 is 15.5 Å². The number of nitrogens with zero attached hydrogens (tertiary/aromatic N) is 1. The predicted octanol–water partition coefficient (Wildman–Crippen LogP) is 1.23. The molecule has 0 aromatic carbocycles. The molecule has 1 aromatic rings. The Morgan fingerprint density at radius 3 is 2.93 bits per heavy atom. The number of pyridine rings is 1. The van der Waals surface area contributed by atoms with Crippen molar-refractivity contribution < 1.29 is 15.0 Å². The summed E-state index contributed by atoms with van der Waals surface area (Å²) in [6.45, 7) is 1.84. The third-order valence-electron chi connectivity index (χ3n) is 1.69. The van der Waals surface area contributed by atoms with Crippen LogP contribution >= 0.6 is 11.6 Å². The van der Waals surface area contributed by atoms with E-state index in [1.165, 1.54) is 12.3 Å². The van der Waals surface area contributed by atoms with Gasteiger partial charge in [0.15, 0.2) is 0 Å². The number of hydrogen-bond donors (Lipinski definition) is 3. The first kappa shape index (κ1) is 11.7. The summed E-state index contributed by atoms with van der Waals surface area (Å²) in [5, 5.41) is 20.9. The molecule has 0 aliphatic rings. The van der Waals surface area contributed by atoms with Gasteiger partial charge in [-0.3, -0.25) is 0 Å². The molecule has 15 heavy (non-hydrogen) atoms. The quantitative estimate of drug-likeness (QED) is 0.678. The first-order chi connectivity index (χ1) is 7.00. The van der Waals surface area contributed by atoms with Crippen molar-refractivity contribution >= 4 is 23.3 Å². The van der Waals surface area contributed by atoms with Crippen molar-refractivity contribution in [2.45, 2.75) is 13.0 Å². The van der Waals surface area contributed by atoms with E-state index in [2.05, 4.69) is 10.3 Å². The number of nitrogens with one attached hydrogen (secondary N) is 1. The van der Waals surface area contributed by atoms with Gasteiger partial charge >= 0.3 is 5.97 Å². The molecule has 0 bridgehead atoms. The lowest BCUT2D eigenvalue weighted by Gasteiger charge is -2.10. The molecule has 6 heteroatoms. The number of anilines is 1. The van der Waals surface area contributed by atoms with E-state index in [4.69, 9.17) is 21.8 Å². The van der Waals surface area contributed by atoms with Crippen molar-refractivity contribution in [3.63, 3.8) is 0 Å². The van der Waals surface area contributed by atoms with Crippen LogP contribution in [0.2, 0.25) is 5.15 Å². The van der Waals surface area contributed by atoms with Crippen molar-refractivity contribution in [1.29, 1.82) is 0 Å². The molecule has 0 saturated heterocycles. The minimum Gasteiger partial charge on any atom is -0.478 e. The average molecular weight is 231 g/mol. The van der Waals surface area contributed by atoms with Crippen molar-refractivity contribution in [3.05, 3.63) is 23.0 Å². The summed E-state index contributed by atoms with van der Waals surface area (Å²) < 4.78 is 0. The predicted molar refractivity (Wildman–Crippen MR) is 56.4 cm³/mol. The van der Waals surface area contributed by atoms with Crippen LogP contribution in [0.3, 0.4) is 0 Å². The second-order valence-corrected chi connectivity index (χ2v) is 3.47. The molecule has 1 atom stereocenters. The van der Waals surface area contributed by atoms with E-state index in [0.29, 0.717) is 5.69 Å². The zero-order valence-corrected chi connectivity index (χ0v) is 8.82. The summed E-state index contributed by atoms with van der Waals surface area (Å²) in [5.74, 6) is -1.09. The van der Waals surface area contributed by atoms with Crippen LogP contribution in [-0.2, 0) is 0 Å². The fourth-order valence-electron chi connectivity index (χ4n) is 1.00. The maximum Gasteiger partial charge on any atom is 0.339 e. The molecule has 0 aliphatic heterocycles. The zero-order valence-electron chi connectivity index (χ0n) is 8.07. The SMILES string of the molecule is CC(O)CNc1cc(Cl)ncc1C(=O)O. The summed E-state index contributed by atoms with van der Waals surface area (Å²) in [7, 11) is 0. The topological polar surface area (TPSA) is 82.5 Å². The lowest BCUT2D eigenvalue weighted by Crippen LogP contribution is -2.17. The number of halogens is 1. The van der Waals surface area contributed by atoms with Crippen molar-refractivity contribution in [1.82, 2.24) is 4.98 Å². The van der Waals surface area contributed by atoms with Gasteiger partial charge in [0.2, 0.25) is 0 Å². The van der Waals surface area contributed by atoms with E-state index in [1.807, 2.05) is 0 Å². The molecular weight excluding hydrogens is 220 g/mol. The van der Waals surface area contributed by atoms with Crippen LogP contribution in [0.4, 0.5) is 5.69 Å². The molecule has 1 rings (SSSR count). The first-order valence-corrected chi connectivity index (χ1v) is 4.69.